The zero-order chi connectivity index (χ0) is 11.7. The van der Waals surface area contributed by atoms with Crippen molar-refractivity contribution in [3.8, 4) is 0 Å². The predicted octanol–water partition coefficient (Wildman–Crippen LogP) is 1.01. The van der Waals surface area contributed by atoms with E-state index in [9.17, 15) is 0 Å². The van der Waals surface area contributed by atoms with Gasteiger partial charge in [-0.05, 0) is 37.1 Å². The van der Waals surface area contributed by atoms with Gasteiger partial charge in [0.15, 0.2) is 0 Å². The van der Waals surface area contributed by atoms with Crippen molar-refractivity contribution in [2.24, 2.45) is 11.3 Å². The minimum absolute atomic E-state index is 0.540. The molecular weight excluding hydrogens is 210 g/mol. The highest BCUT2D eigenvalue weighted by molar-refractivity contribution is 4.88. The Morgan fingerprint density at radius 2 is 1.82 bits per heavy atom. The van der Waals surface area contributed by atoms with E-state index in [1.165, 1.54) is 71.6 Å². The Hall–Kier alpha value is -0.120. The maximum Gasteiger partial charge on any atom is 0.0110 e. The molecule has 98 valence electrons. The molecule has 3 heteroatoms. The van der Waals surface area contributed by atoms with Crippen LogP contribution in [0.2, 0.25) is 0 Å². The molecule has 1 N–H and O–H groups in total. The summed E-state index contributed by atoms with van der Waals surface area (Å²) in [6, 6.07) is 0. The third-order valence-corrected chi connectivity index (χ3v) is 4.74. The van der Waals surface area contributed by atoms with E-state index in [1.54, 1.807) is 0 Å². The molecule has 3 aliphatic rings. The highest BCUT2D eigenvalue weighted by Gasteiger charge is 2.32. The molecule has 2 saturated heterocycles. The molecule has 0 radical (unpaired) electrons. The van der Waals surface area contributed by atoms with Crippen molar-refractivity contribution >= 4 is 0 Å². The van der Waals surface area contributed by atoms with Gasteiger partial charge in [-0.3, -0.25) is 0 Å². The third kappa shape index (κ3) is 3.21. The Kier molecular flexibility index (Phi) is 3.42. The molecule has 0 aromatic rings. The van der Waals surface area contributed by atoms with Gasteiger partial charge in [0.1, 0.15) is 0 Å². The van der Waals surface area contributed by atoms with Crippen LogP contribution in [0.3, 0.4) is 0 Å². The fraction of sp³-hybridized carbons (Fsp3) is 1.00. The summed E-state index contributed by atoms with van der Waals surface area (Å²) in [4.78, 5) is 5.37. The van der Waals surface area contributed by atoms with Gasteiger partial charge >= 0.3 is 0 Å². The molecular formula is C14H27N3. The van der Waals surface area contributed by atoms with E-state index in [0.29, 0.717) is 5.41 Å². The topological polar surface area (TPSA) is 18.5 Å². The number of rotatable bonds is 4. The van der Waals surface area contributed by atoms with Crippen molar-refractivity contribution in [1.82, 2.24) is 15.1 Å². The van der Waals surface area contributed by atoms with Crippen molar-refractivity contribution in [2.75, 3.05) is 52.4 Å². The van der Waals surface area contributed by atoms with Crippen LogP contribution in [0.5, 0.6) is 0 Å². The Morgan fingerprint density at radius 3 is 2.41 bits per heavy atom. The molecule has 0 bridgehead atoms. The molecule has 1 unspecified atom stereocenters. The highest BCUT2D eigenvalue weighted by Crippen LogP contribution is 2.30. The average Bonchev–Trinajstić information content (AvgIpc) is 3.03. The Bertz CT molecular complexity index is 248. The van der Waals surface area contributed by atoms with Crippen molar-refractivity contribution in [1.29, 1.82) is 0 Å². The number of hydrogen-bond acceptors (Lipinski definition) is 3. The second-order valence-corrected chi connectivity index (χ2v) is 6.76. The SMILES string of the molecule is CC1(CN2CCN(CC3CC3)CC2)CCNC1. The van der Waals surface area contributed by atoms with Gasteiger partial charge in [0.05, 0.1) is 0 Å². The Labute approximate surface area is 106 Å². The van der Waals surface area contributed by atoms with Crippen molar-refractivity contribution in [2.45, 2.75) is 26.2 Å². The number of nitrogens with zero attached hydrogens (tertiary/aromatic N) is 2. The maximum atomic E-state index is 3.51. The van der Waals surface area contributed by atoms with Crippen LogP contribution in [0.15, 0.2) is 0 Å². The van der Waals surface area contributed by atoms with Gasteiger partial charge in [-0.25, -0.2) is 0 Å². The first-order valence-corrected chi connectivity index (χ1v) is 7.39. The highest BCUT2D eigenvalue weighted by atomic mass is 15.3. The number of nitrogens with one attached hydrogen (secondary N) is 1. The summed E-state index contributed by atoms with van der Waals surface area (Å²) in [5.74, 6) is 1.05. The molecule has 1 atom stereocenters. The second kappa shape index (κ2) is 4.87. The van der Waals surface area contributed by atoms with Crippen molar-refractivity contribution in [3.63, 3.8) is 0 Å². The van der Waals surface area contributed by atoms with Gasteiger partial charge < -0.3 is 15.1 Å². The molecule has 1 aliphatic carbocycles. The number of hydrogen-bond donors (Lipinski definition) is 1. The summed E-state index contributed by atoms with van der Waals surface area (Å²) in [5, 5.41) is 3.51. The van der Waals surface area contributed by atoms with Gasteiger partial charge in [0.2, 0.25) is 0 Å². The lowest BCUT2D eigenvalue weighted by Gasteiger charge is -2.38. The van der Waals surface area contributed by atoms with Gasteiger partial charge in [-0.2, -0.15) is 0 Å². The zero-order valence-corrected chi connectivity index (χ0v) is 11.2. The van der Waals surface area contributed by atoms with E-state index in [0.717, 1.165) is 5.92 Å². The van der Waals surface area contributed by atoms with Crippen LogP contribution in [0.25, 0.3) is 0 Å². The second-order valence-electron chi connectivity index (χ2n) is 6.76. The molecule has 0 amide bonds. The van der Waals surface area contributed by atoms with Crippen LogP contribution in [0.1, 0.15) is 26.2 Å². The summed E-state index contributed by atoms with van der Waals surface area (Å²) in [7, 11) is 0. The van der Waals surface area contributed by atoms with E-state index in [1.807, 2.05) is 0 Å². The quantitative estimate of drug-likeness (QED) is 0.787. The predicted molar refractivity (Wildman–Crippen MR) is 71.2 cm³/mol. The lowest BCUT2D eigenvalue weighted by molar-refractivity contribution is 0.0946. The maximum absolute atomic E-state index is 3.51. The molecule has 3 fully saturated rings. The number of piperazine rings is 1. The van der Waals surface area contributed by atoms with E-state index < -0.39 is 0 Å². The van der Waals surface area contributed by atoms with Crippen LogP contribution in [-0.4, -0.2) is 62.2 Å². The molecule has 2 aliphatic heterocycles. The van der Waals surface area contributed by atoms with Crippen molar-refractivity contribution in [3.05, 3.63) is 0 Å². The minimum atomic E-state index is 0.540. The van der Waals surface area contributed by atoms with Gasteiger partial charge in [-0.15, -0.1) is 0 Å². The first-order chi connectivity index (χ1) is 8.23. The van der Waals surface area contributed by atoms with Gasteiger partial charge in [0.25, 0.3) is 0 Å². The molecule has 17 heavy (non-hydrogen) atoms. The zero-order valence-electron chi connectivity index (χ0n) is 11.2. The molecule has 3 rings (SSSR count). The van der Waals surface area contributed by atoms with Gasteiger partial charge in [-0.1, -0.05) is 6.92 Å². The van der Waals surface area contributed by atoms with E-state index in [2.05, 4.69) is 22.0 Å². The summed E-state index contributed by atoms with van der Waals surface area (Å²) >= 11 is 0. The largest absolute Gasteiger partial charge is 0.316 e. The lowest BCUT2D eigenvalue weighted by atomic mass is 9.89. The van der Waals surface area contributed by atoms with Crippen LogP contribution >= 0.6 is 0 Å². The average molecular weight is 237 g/mol. The minimum Gasteiger partial charge on any atom is -0.316 e. The molecule has 0 aromatic carbocycles. The molecule has 0 aromatic heterocycles. The van der Waals surface area contributed by atoms with Crippen LogP contribution in [0, 0.1) is 11.3 Å². The Balaban J connectivity index is 1.41. The molecule has 2 heterocycles. The molecule has 0 spiro atoms. The molecule has 1 saturated carbocycles. The summed E-state index contributed by atoms with van der Waals surface area (Å²) in [5.41, 5.74) is 0.540. The van der Waals surface area contributed by atoms with Crippen LogP contribution in [0.4, 0.5) is 0 Å². The van der Waals surface area contributed by atoms with Crippen molar-refractivity contribution < 1.29 is 0 Å². The van der Waals surface area contributed by atoms with E-state index in [4.69, 9.17) is 0 Å². The van der Waals surface area contributed by atoms with E-state index >= 15 is 0 Å². The fourth-order valence-electron chi connectivity index (χ4n) is 3.34. The third-order valence-electron chi connectivity index (χ3n) is 4.74. The first kappa shape index (κ1) is 11.9. The first-order valence-electron chi connectivity index (χ1n) is 7.39. The van der Waals surface area contributed by atoms with Crippen LogP contribution < -0.4 is 5.32 Å². The smallest absolute Gasteiger partial charge is 0.0110 e. The monoisotopic (exact) mass is 237 g/mol. The van der Waals surface area contributed by atoms with Crippen LogP contribution in [-0.2, 0) is 0 Å². The summed E-state index contributed by atoms with van der Waals surface area (Å²) < 4.78 is 0. The summed E-state index contributed by atoms with van der Waals surface area (Å²) in [6.45, 7) is 12.8. The molecule has 3 nitrogen and oxygen atoms in total. The normalized spacial score (nSPS) is 36.5. The van der Waals surface area contributed by atoms with E-state index in [-0.39, 0.29) is 0 Å². The lowest BCUT2D eigenvalue weighted by Crippen LogP contribution is -2.50. The summed E-state index contributed by atoms with van der Waals surface area (Å²) in [6.07, 6.45) is 4.34. The fourth-order valence-corrected chi connectivity index (χ4v) is 3.34. The van der Waals surface area contributed by atoms with Gasteiger partial charge in [0, 0.05) is 45.8 Å². The Morgan fingerprint density at radius 1 is 1.12 bits per heavy atom. The standard InChI is InChI=1S/C14H27N3/c1-14(4-5-15-11-14)12-17-8-6-16(7-9-17)10-13-2-3-13/h13,15H,2-12H2,1H3.